The molecule has 0 aliphatic carbocycles. The summed E-state index contributed by atoms with van der Waals surface area (Å²) in [7, 11) is 3.29. The zero-order valence-corrected chi connectivity index (χ0v) is 16.9. The van der Waals surface area contributed by atoms with Gasteiger partial charge in [-0.2, -0.15) is 14.6 Å². The molecule has 1 aromatic carbocycles. The fraction of sp³-hybridized carbons (Fsp3) is 0.350. The van der Waals surface area contributed by atoms with Crippen molar-refractivity contribution in [3.63, 3.8) is 0 Å². The zero-order chi connectivity index (χ0) is 20.5. The smallest absolute Gasteiger partial charge is 0.254 e. The number of hydrogen-bond acceptors (Lipinski definition) is 9. The van der Waals surface area contributed by atoms with E-state index in [-0.39, 0.29) is 0 Å². The van der Waals surface area contributed by atoms with E-state index >= 15 is 0 Å². The lowest BCUT2D eigenvalue weighted by molar-refractivity contribution is 0.181. The van der Waals surface area contributed by atoms with Crippen LogP contribution in [0.4, 0.5) is 11.5 Å². The average molecular weight is 406 g/mol. The molecule has 0 saturated carbocycles. The second kappa shape index (κ2) is 7.71. The Morgan fingerprint density at radius 2 is 1.77 bits per heavy atom. The van der Waals surface area contributed by atoms with E-state index < -0.39 is 0 Å². The van der Waals surface area contributed by atoms with Crippen LogP contribution in [-0.4, -0.2) is 69.9 Å². The van der Waals surface area contributed by atoms with E-state index in [4.69, 9.17) is 9.47 Å². The molecular weight excluding hydrogens is 384 g/mol. The minimum atomic E-state index is 0.442. The molecule has 1 aliphatic rings. The van der Waals surface area contributed by atoms with Crippen molar-refractivity contribution in [1.82, 2.24) is 29.5 Å². The van der Waals surface area contributed by atoms with E-state index in [2.05, 4.69) is 47.0 Å². The third-order valence-electron chi connectivity index (χ3n) is 5.32. The molecule has 1 saturated heterocycles. The van der Waals surface area contributed by atoms with Crippen molar-refractivity contribution in [3.8, 4) is 5.88 Å². The summed E-state index contributed by atoms with van der Waals surface area (Å²) in [5, 5.41) is 5.26. The maximum Gasteiger partial charge on any atom is 0.254 e. The number of fused-ring (bicyclic) bond motifs is 2. The van der Waals surface area contributed by atoms with Gasteiger partial charge in [0.25, 0.3) is 5.78 Å². The van der Waals surface area contributed by atoms with Crippen LogP contribution in [0.5, 0.6) is 5.88 Å². The number of hydrogen-bond donors (Lipinski definition) is 0. The highest BCUT2D eigenvalue weighted by Gasteiger charge is 2.21. The number of benzene rings is 1. The summed E-state index contributed by atoms with van der Waals surface area (Å²) in [5.41, 5.74) is 2.85. The maximum atomic E-state index is 5.40. The summed E-state index contributed by atoms with van der Waals surface area (Å²) >= 11 is 0. The summed E-state index contributed by atoms with van der Waals surface area (Å²) in [6, 6.07) is 8.24. The number of piperazine rings is 1. The molecule has 3 aromatic heterocycles. The first-order valence-corrected chi connectivity index (χ1v) is 9.74. The average Bonchev–Trinajstić information content (AvgIpc) is 3.27. The van der Waals surface area contributed by atoms with Gasteiger partial charge in [-0.1, -0.05) is 0 Å². The van der Waals surface area contributed by atoms with Crippen LogP contribution in [0.2, 0.25) is 0 Å². The lowest BCUT2D eigenvalue weighted by Gasteiger charge is -2.37. The SMILES string of the molecule is COCc1cc(N2CCN(c3ccc4ncnc(OC)c4c3)CC2)n2ncnc2n1. The molecular formula is C20H22N8O2. The second-order valence-electron chi connectivity index (χ2n) is 7.07. The molecule has 5 rings (SSSR count). The minimum absolute atomic E-state index is 0.442. The van der Waals surface area contributed by atoms with Crippen LogP contribution in [0.3, 0.4) is 0 Å². The van der Waals surface area contributed by atoms with Crippen LogP contribution in [0, 0.1) is 0 Å². The highest BCUT2D eigenvalue weighted by atomic mass is 16.5. The predicted molar refractivity (Wildman–Crippen MR) is 112 cm³/mol. The van der Waals surface area contributed by atoms with E-state index in [0.717, 1.165) is 54.3 Å². The van der Waals surface area contributed by atoms with Crippen LogP contribution in [0.15, 0.2) is 36.9 Å². The lowest BCUT2D eigenvalue weighted by atomic mass is 10.2. The van der Waals surface area contributed by atoms with Gasteiger partial charge in [0.15, 0.2) is 0 Å². The Bertz CT molecular complexity index is 1190. The van der Waals surface area contributed by atoms with Gasteiger partial charge in [-0.15, -0.1) is 0 Å². The Labute approximate surface area is 173 Å². The monoisotopic (exact) mass is 406 g/mol. The predicted octanol–water partition coefficient (Wildman–Crippen LogP) is 1.55. The molecule has 1 aliphatic heterocycles. The zero-order valence-electron chi connectivity index (χ0n) is 16.9. The van der Waals surface area contributed by atoms with Crippen LogP contribution < -0.4 is 14.5 Å². The third-order valence-corrected chi connectivity index (χ3v) is 5.32. The van der Waals surface area contributed by atoms with Crippen molar-refractivity contribution in [1.29, 1.82) is 0 Å². The van der Waals surface area contributed by atoms with E-state index in [1.165, 1.54) is 12.7 Å². The summed E-state index contributed by atoms with van der Waals surface area (Å²) < 4.78 is 12.4. The standard InChI is InChI=1S/C20H22N8O2/c1-29-11-14-9-18(28-20(25-14)23-13-24-28)27-7-5-26(6-8-27)15-3-4-17-16(10-15)19(30-2)22-12-21-17/h3-4,9-10,12-13H,5-8,11H2,1-2H3. The fourth-order valence-electron chi connectivity index (χ4n) is 3.87. The van der Waals surface area contributed by atoms with Crippen molar-refractivity contribution >= 4 is 28.2 Å². The highest BCUT2D eigenvalue weighted by Crippen LogP contribution is 2.28. The highest BCUT2D eigenvalue weighted by molar-refractivity contribution is 5.86. The van der Waals surface area contributed by atoms with Crippen LogP contribution in [-0.2, 0) is 11.3 Å². The molecule has 154 valence electrons. The number of anilines is 2. The molecule has 10 nitrogen and oxygen atoms in total. The first-order chi connectivity index (χ1) is 14.8. The largest absolute Gasteiger partial charge is 0.480 e. The molecule has 0 unspecified atom stereocenters. The molecule has 1 fully saturated rings. The minimum Gasteiger partial charge on any atom is -0.480 e. The molecule has 0 spiro atoms. The Kier molecular flexibility index (Phi) is 4.75. The van der Waals surface area contributed by atoms with Crippen LogP contribution in [0.1, 0.15) is 5.69 Å². The number of methoxy groups -OCH3 is 2. The fourth-order valence-corrected chi connectivity index (χ4v) is 3.87. The van der Waals surface area contributed by atoms with Gasteiger partial charge < -0.3 is 19.3 Å². The molecule has 0 amide bonds. The van der Waals surface area contributed by atoms with Gasteiger partial charge in [0.1, 0.15) is 18.5 Å². The van der Waals surface area contributed by atoms with Gasteiger partial charge in [-0.05, 0) is 18.2 Å². The van der Waals surface area contributed by atoms with E-state index in [9.17, 15) is 0 Å². The number of rotatable bonds is 5. The summed E-state index contributed by atoms with van der Waals surface area (Å²) in [6.07, 6.45) is 3.06. The molecule has 0 bridgehead atoms. The summed E-state index contributed by atoms with van der Waals surface area (Å²) in [4.78, 5) is 22.0. The van der Waals surface area contributed by atoms with Gasteiger partial charge in [0.2, 0.25) is 5.88 Å². The number of ether oxygens (including phenoxy) is 2. The van der Waals surface area contributed by atoms with Crippen molar-refractivity contribution < 1.29 is 9.47 Å². The Balaban J connectivity index is 1.39. The number of nitrogens with zero attached hydrogens (tertiary/aromatic N) is 8. The van der Waals surface area contributed by atoms with Crippen molar-refractivity contribution in [2.45, 2.75) is 6.61 Å². The van der Waals surface area contributed by atoms with E-state index in [0.29, 0.717) is 18.3 Å². The molecule has 4 aromatic rings. The first-order valence-electron chi connectivity index (χ1n) is 9.74. The first kappa shape index (κ1) is 18.5. The maximum absolute atomic E-state index is 5.40. The van der Waals surface area contributed by atoms with Crippen LogP contribution in [0.25, 0.3) is 16.7 Å². The second-order valence-corrected chi connectivity index (χ2v) is 7.07. The normalized spacial score (nSPS) is 14.6. The van der Waals surface area contributed by atoms with Crippen molar-refractivity contribution in [2.24, 2.45) is 0 Å². The lowest BCUT2D eigenvalue weighted by Crippen LogP contribution is -2.47. The van der Waals surface area contributed by atoms with Crippen molar-refractivity contribution in [3.05, 3.63) is 42.6 Å². The molecule has 10 heteroatoms. The summed E-state index contributed by atoms with van der Waals surface area (Å²) in [5.74, 6) is 2.16. The van der Waals surface area contributed by atoms with Gasteiger partial charge in [-0.25, -0.2) is 15.0 Å². The molecule has 0 radical (unpaired) electrons. The molecule has 0 N–H and O–H groups in total. The third kappa shape index (κ3) is 3.24. The van der Waals surface area contributed by atoms with Gasteiger partial charge in [0, 0.05) is 45.0 Å². The van der Waals surface area contributed by atoms with Gasteiger partial charge in [-0.3, -0.25) is 0 Å². The topological polar surface area (TPSA) is 93.8 Å². The molecule has 30 heavy (non-hydrogen) atoms. The number of aromatic nitrogens is 6. The Hall–Kier alpha value is -3.53. The van der Waals surface area contributed by atoms with Gasteiger partial charge in [0.05, 0.1) is 30.3 Å². The van der Waals surface area contributed by atoms with Crippen LogP contribution >= 0.6 is 0 Å². The van der Waals surface area contributed by atoms with E-state index in [1.54, 1.807) is 18.7 Å². The van der Waals surface area contributed by atoms with Gasteiger partial charge >= 0.3 is 0 Å². The molecule has 4 heterocycles. The summed E-state index contributed by atoms with van der Waals surface area (Å²) in [6.45, 7) is 3.90. The van der Waals surface area contributed by atoms with Crippen molar-refractivity contribution in [2.75, 3.05) is 50.2 Å². The molecule has 0 atom stereocenters. The Morgan fingerprint density at radius 3 is 2.57 bits per heavy atom. The Morgan fingerprint density at radius 1 is 0.933 bits per heavy atom. The van der Waals surface area contributed by atoms with E-state index in [1.807, 2.05) is 12.1 Å². The quantitative estimate of drug-likeness (QED) is 0.489.